The predicted molar refractivity (Wildman–Crippen MR) is 70.2 cm³/mol. The predicted octanol–water partition coefficient (Wildman–Crippen LogP) is 4.25. The van der Waals surface area contributed by atoms with Gasteiger partial charge in [0, 0.05) is 12.0 Å². The van der Waals surface area contributed by atoms with Crippen LogP contribution in [0.15, 0.2) is 48.1 Å². The zero-order valence-electron chi connectivity index (χ0n) is 8.45. The van der Waals surface area contributed by atoms with Crippen LogP contribution in [0, 0.1) is 11.3 Å². The van der Waals surface area contributed by atoms with Crippen molar-refractivity contribution >= 4 is 33.1 Å². The van der Waals surface area contributed by atoms with Crippen LogP contribution >= 0.6 is 27.5 Å². The van der Waals surface area contributed by atoms with Crippen molar-refractivity contribution in [3.63, 3.8) is 0 Å². The second-order valence-corrected chi connectivity index (χ2v) is 6.19. The van der Waals surface area contributed by atoms with Gasteiger partial charge in [-0.1, -0.05) is 58.4 Å². The van der Waals surface area contributed by atoms with Crippen LogP contribution in [0.3, 0.4) is 0 Å². The Labute approximate surface area is 108 Å². The van der Waals surface area contributed by atoms with E-state index in [1.54, 1.807) is 0 Å². The fourth-order valence-electron chi connectivity index (χ4n) is 1.68. The highest BCUT2D eigenvalue weighted by atomic mass is 79.9. The number of alkyl halides is 2. The van der Waals surface area contributed by atoms with Crippen molar-refractivity contribution in [1.82, 2.24) is 0 Å². The molecule has 1 aromatic carbocycles. The summed E-state index contributed by atoms with van der Waals surface area (Å²) in [5, 5.41) is 9.13. The summed E-state index contributed by atoms with van der Waals surface area (Å²) in [6.07, 6.45) is 4.28. The molecule has 1 aliphatic carbocycles. The van der Waals surface area contributed by atoms with Crippen LogP contribution in [0.25, 0.3) is 5.57 Å². The Balaban J connectivity index is 2.46. The number of benzene rings is 1. The van der Waals surface area contributed by atoms with Gasteiger partial charge >= 0.3 is 0 Å². The van der Waals surface area contributed by atoms with Gasteiger partial charge in [-0.3, -0.25) is 0 Å². The molecule has 1 aromatic rings. The van der Waals surface area contributed by atoms with Gasteiger partial charge in [0.15, 0.2) is 0 Å². The Morgan fingerprint density at radius 3 is 2.62 bits per heavy atom. The summed E-state index contributed by atoms with van der Waals surface area (Å²) < 4.78 is -0.615. The highest BCUT2D eigenvalue weighted by molar-refractivity contribution is 9.10. The summed E-state index contributed by atoms with van der Waals surface area (Å²) in [7, 11) is 0. The van der Waals surface area contributed by atoms with Gasteiger partial charge in [-0.15, -0.1) is 11.6 Å². The molecule has 0 bridgehead atoms. The molecule has 0 aromatic heterocycles. The van der Waals surface area contributed by atoms with Gasteiger partial charge in [0.1, 0.15) is 3.78 Å². The maximum atomic E-state index is 9.13. The largest absolute Gasteiger partial charge is 0.193 e. The Morgan fingerprint density at radius 1 is 1.31 bits per heavy atom. The van der Waals surface area contributed by atoms with E-state index in [1.807, 2.05) is 42.5 Å². The topological polar surface area (TPSA) is 23.8 Å². The minimum Gasteiger partial charge on any atom is -0.193 e. The van der Waals surface area contributed by atoms with Crippen molar-refractivity contribution in [1.29, 1.82) is 5.26 Å². The monoisotopic (exact) mass is 293 g/mol. The number of hydrogen-bond donors (Lipinski definition) is 0. The van der Waals surface area contributed by atoms with Crippen molar-refractivity contribution < 1.29 is 0 Å². The van der Waals surface area contributed by atoms with Crippen LogP contribution in [0.5, 0.6) is 0 Å². The zero-order chi connectivity index (χ0) is 11.6. The Bertz CT molecular complexity index is 494. The van der Waals surface area contributed by atoms with Gasteiger partial charge < -0.3 is 0 Å². The molecule has 1 nitrogen and oxygen atoms in total. The van der Waals surface area contributed by atoms with E-state index in [1.165, 1.54) is 0 Å². The van der Waals surface area contributed by atoms with Crippen LogP contribution in [0.2, 0.25) is 0 Å². The second-order valence-electron chi connectivity index (χ2n) is 3.64. The first-order chi connectivity index (χ1) is 7.62. The number of nitriles is 1. The van der Waals surface area contributed by atoms with E-state index < -0.39 is 3.78 Å². The maximum absolute atomic E-state index is 9.13. The molecule has 0 N–H and O–H groups in total. The maximum Gasteiger partial charge on any atom is 0.122 e. The summed E-state index contributed by atoms with van der Waals surface area (Å²) in [5.74, 6) is 0. The smallest absolute Gasteiger partial charge is 0.122 e. The molecule has 1 atom stereocenters. The molecule has 3 heteroatoms. The molecule has 0 fully saturated rings. The van der Waals surface area contributed by atoms with E-state index in [9.17, 15) is 0 Å². The standard InChI is InChI=1S/C13H9BrClN/c14-13(15)7-6-12(11(8-13)9-16)10-4-2-1-3-5-10/h1-7H,8H2. The van der Waals surface area contributed by atoms with E-state index in [0.717, 1.165) is 11.1 Å². The lowest BCUT2D eigenvalue weighted by Gasteiger charge is -2.21. The number of nitrogens with zero attached hydrogens (tertiary/aromatic N) is 1. The average Bonchev–Trinajstić information content (AvgIpc) is 2.29. The number of allylic oxidation sites excluding steroid dienone is 4. The van der Waals surface area contributed by atoms with Gasteiger partial charge in [-0.25, -0.2) is 0 Å². The summed E-state index contributed by atoms with van der Waals surface area (Å²) in [6, 6.07) is 12.1. The highest BCUT2D eigenvalue weighted by Gasteiger charge is 2.27. The molecule has 16 heavy (non-hydrogen) atoms. The highest BCUT2D eigenvalue weighted by Crippen LogP contribution is 2.39. The van der Waals surface area contributed by atoms with E-state index in [4.69, 9.17) is 16.9 Å². The second kappa shape index (κ2) is 4.45. The van der Waals surface area contributed by atoms with E-state index >= 15 is 0 Å². The van der Waals surface area contributed by atoms with Gasteiger partial charge in [0.05, 0.1) is 6.07 Å². The first-order valence-electron chi connectivity index (χ1n) is 4.88. The molecular weight excluding hydrogens is 286 g/mol. The molecule has 1 unspecified atom stereocenters. The molecule has 0 amide bonds. The van der Waals surface area contributed by atoms with E-state index in [-0.39, 0.29) is 0 Å². The first-order valence-corrected chi connectivity index (χ1v) is 6.05. The molecule has 0 saturated heterocycles. The van der Waals surface area contributed by atoms with Crippen LogP contribution in [-0.2, 0) is 0 Å². The van der Waals surface area contributed by atoms with Crippen LogP contribution in [-0.4, -0.2) is 3.78 Å². The van der Waals surface area contributed by atoms with Crippen molar-refractivity contribution in [3.05, 3.63) is 53.6 Å². The fraction of sp³-hybridized carbons (Fsp3) is 0.154. The quantitative estimate of drug-likeness (QED) is 0.710. The minimum absolute atomic E-state index is 0.506. The third-order valence-corrected chi connectivity index (χ3v) is 3.26. The Hall–Kier alpha value is -1.04. The number of rotatable bonds is 1. The van der Waals surface area contributed by atoms with Crippen molar-refractivity contribution in [3.8, 4) is 6.07 Å². The van der Waals surface area contributed by atoms with Crippen LogP contribution in [0.1, 0.15) is 12.0 Å². The van der Waals surface area contributed by atoms with Gasteiger partial charge in [0.25, 0.3) is 0 Å². The van der Waals surface area contributed by atoms with Gasteiger partial charge in [-0.05, 0) is 11.1 Å². The van der Waals surface area contributed by atoms with Crippen molar-refractivity contribution in [2.45, 2.75) is 10.2 Å². The summed E-state index contributed by atoms with van der Waals surface area (Å²) in [5.41, 5.74) is 2.72. The lowest BCUT2D eigenvalue weighted by Crippen LogP contribution is -2.13. The summed E-state index contributed by atoms with van der Waals surface area (Å²) in [6.45, 7) is 0. The molecular formula is C13H9BrClN. The van der Waals surface area contributed by atoms with Crippen LogP contribution in [0.4, 0.5) is 0 Å². The lowest BCUT2D eigenvalue weighted by atomic mass is 9.93. The molecule has 80 valence electrons. The summed E-state index contributed by atoms with van der Waals surface area (Å²) >= 11 is 9.51. The number of hydrogen-bond acceptors (Lipinski definition) is 1. The average molecular weight is 295 g/mol. The molecule has 0 heterocycles. The number of halogens is 2. The SMILES string of the molecule is N#CC1=C(c2ccccc2)C=CC(Cl)(Br)C1. The Kier molecular flexibility index (Phi) is 3.18. The third kappa shape index (κ3) is 2.37. The minimum atomic E-state index is -0.615. The molecule has 0 aliphatic heterocycles. The molecule has 1 aliphatic rings. The molecule has 2 rings (SSSR count). The zero-order valence-corrected chi connectivity index (χ0v) is 10.8. The molecule has 0 radical (unpaired) electrons. The normalized spacial score (nSPS) is 24.3. The van der Waals surface area contributed by atoms with Crippen molar-refractivity contribution in [2.24, 2.45) is 0 Å². The third-order valence-electron chi connectivity index (χ3n) is 2.45. The van der Waals surface area contributed by atoms with Crippen LogP contribution < -0.4 is 0 Å². The van der Waals surface area contributed by atoms with E-state index in [0.29, 0.717) is 12.0 Å². The molecule has 0 spiro atoms. The Morgan fingerprint density at radius 2 is 2.00 bits per heavy atom. The fourth-order valence-corrected chi connectivity index (χ4v) is 2.29. The lowest BCUT2D eigenvalue weighted by molar-refractivity contribution is 0.962. The van der Waals surface area contributed by atoms with Crippen molar-refractivity contribution in [2.75, 3.05) is 0 Å². The first kappa shape index (κ1) is 11.4. The van der Waals surface area contributed by atoms with Gasteiger partial charge in [-0.2, -0.15) is 5.26 Å². The molecule has 0 saturated carbocycles. The van der Waals surface area contributed by atoms with Gasteiger partial charge in [0.2, 0.25) is 0 Å². The summed E-state index contributed by atoms with van der Waals surface area (Å²) in [4.78, 5) is 0. The van der Waals surface area contributed by atoms with E-state index in [2.05, 4.69) is 22.0 Å².